The number of imide groups is 1. The lowest BCUT2D eigenvalue weighted by Crippen LogP contribution is -2.35. The summed E-state index contributed by atoms with van der Waals surface area (Å²) in [5.41, 5.74) is 3.10. The molecule has 40 heavy (non-hydrogen) atoms. The van der Waals surface area contributed by atoms with E-state index in [0.29, 0.717) is 38.5 Å². The first-order valence-electron chi connectivity index (χ1n) is 13.9. The van der Waals surface area contributed by atoms with Crippen LogP contribution in [0, 0.1) is 11.8 Å². The average Bonchev–Trinajstić information content (AvgIpc) is 3.28. The molecule has 3 amide bonds. The normalized spacial score (nSPS) is 16.5. The fourth-order valence-electron chi connectivity index (χ4n) is 4.53. The van der Waals surface area contributed by atoms with E-state index >= 15 is 0 Å². The number of carbonyl (C=O) groups is 2. The van der Waals surface area contributed by atoms with Crippen molar-refractivity contribution in [1.82, 2.24) is 10.6 Å². The van der Waals surface area contributed by atoms with Gasteiger partial charge in [0, 0.05) is 44.5 Å². The third-order valence-corrected chi connectivity index (χ3v) is 6.68. The van der Waals surface area contributed by atoms with Gasteiger partial charge in [-0.25, -0.2) is 9.69 Å². The molecule has 0 radical (unpaired) electrons. The fourth-order valence-corrected chi connectivity index (χ4v) is 4.53. The molecule has 2 heterocycles. The molecule has 1 unspecified atom stereocenters. The first-order valence-corrected chi connectivity index (χ1v) is 13.9. The number of hydrogen-bond donors (Lipinski definition) is 3. The topological polar surface area (TPSA) is 109 Å². The number of ether oxygens (including phenoxy) is 3. The van der Waals surface area contributed by atoms with Crippen LogP contribution in [-0.2, 0) is 20.9 Å². The van der Waals surface area contributed by atoms with Gasteiger partial charge in [0.1, 0.15) is 5.75 Å². The predicted octanol–water partition coefficient (Wildman–Crippen LogP) is 4.03. The number of rotatable bonds is 13. The van der Waals surface area contributed by atoms with Crippen LogP contribution in [0.25, 0.3) is 0 Å². The molecule has 2 aliphatic rings. The smallest absolute Gasteiger partial charge is 0.329 e. The summed E-state index contributed by atoms with van der Waals surface area (Å²) in [6.07, 6.45) is 4.28. The van der Waals surface area contributed by atoms with Gasteiger partial charge in [-0.3, -0.25) is 4.79 Å². The number of unbranched alkanes of at least 4 members (excludes halogenated alkanes) is 3. The Morgan fingerprint density at radius 1 is 1.12 bits per heavy atom. The summed E-state index contributed by atoms with van der Waals surface area (Å²) in [5.74, 6) is 6.08. The number of urea groups is 1. The SMILES string of the molecule is CC1(C)OCc2cc(C(O)CNCCCCCCOCCC#Cc3cccc(N4C(=O)CNC4=O)c3)ccc2O1. The van der Waals surface area contributed by atoms with Gasteiger partial charge in [-0.1, -0.05) is 36.8 Å². The number of hydrogen-bond acceptors (Lipinski definition) is 7. The Kier molecular flexibility index (Phi) is 10.6. The van der Waals surface area contributed by atoms with Crippen molar-refractivity contribution < 1.29 is 28.9 Å². The largest absolute Gasteiger partial charge is 0.463 e. The zero-order valence-corrected chi connectivity index (χ0v) is 23.3. The molecule has 0 aliphatic carbocycles. The molecule has 1 fully saturated rings. The molecule has 214 valence electrons. The maximum absolute atomic E-state index is 11.9. The van der Waals surface area contributed by atoms with E-state index in [-0.39, 0.29) is 12.5 Å². The Morgan fingerprint density at radius 3 is 2.80 bits per heavy atom. The molecule has 1 atom stereocenters. The summed E-state index contributed by atoms with van der Waals surface area (Å²) >= 11 is 0. The number of amides is 3. The number of benzene rings is 2. The maximum Gasteiger partial charge on any atom is 0.329 e. The summed E-state index contributed by atoms with van der Waals surface area (Å²) in [4.78, 5) is 24.8. The van der Waals surface area contributed by atoms with E-state index in [0.717, 1.165) is 59.6 Å². The number of carbonyl (C=O) groups excluding carboxylic acids is 2. The van der Waals surface area contributed by atoms with Crippen LogP contribution in [0.1, 0.15) is 68.7 Å². The van der Waals surface area contributed by atoms with Gasteiger partial charge >= 0.3 is 6.03 Å². The minimum atomic E-state index is -0.620. The van der Waals surface area contributed by atoms with E-state index in [4.69, 9.17) is 14.2 Å². The molecule has 4 rings (SSSR count). The van der Waals surface area contributed by atoms with E-state index in [2.05, 4.69) is 22.5 Å². The molecular formula is C31H39N3O6. The minimum Gasteiger partial charge on any atom is -0.463 e. The number of nitrogens with one attached hydrogen (secondary N) is 2. The number of aliphatic hydroxyl groups excluding tert-OH is 1. The fraction of sp³-hybridized carbons (Fsp3) is 0.484. The van der Waals surface area contributed by atoms with Crippen molar-refractivity contribution in [3.63, 3.8) is 0 Å². The van der Waals surface area contributed by atoms with Gasteiger partial charge in [-0.15, -0.1) is 0 Å². The molecule has 0 aromatic heterocycles. The van der Waals surface area contributed by atoms with Gasteiger partial charge in [0.05, 0.1) is 31.5 Å². The van der Waals surface area contributed by atoms with Gasteiger partial charge in [0.15, 0.2) is 0 Å². The second-order valence-electron chi connectivity index (χ2n) is 10.4. The third kappa shape index (κ3) is 8.54. The second kappa shape index (κ2) is 14.3. The summed E-state index contributed by atoms with van der Waals surface area (Å²) in [5, 5.41) is 16.4. The molecule has 2 aliphatic heterocycles. The van der Waals surface area contributed by atoms with Gasteiger partial charge in [0.25, 0.3) is 5.91 Å². The van der Waals surface area contributed by atoms with Gasteiger partial charge in [-0.05, 0) is 55.3 Å². The second-order valence-corrected chi connectivity index (χ2v) is 10.4. The number of nitrogens with zero attached hydrogens (tertiary/aromatic N) is 1. The quantitative estimate of drug-likeness (QED) is 0.197. The van der Waals surface area contributed by atoms with E-state index in [1.807, 2.05) is 38.1 Å². The molecular weight excluding hydrogens is 510 g/mol. The highest BCUT2D eigenvalue weighted by Gasteiger charge is 2.30. The van der Waals surface area contributed by atoms with Crippen LogP contribution in [0.15, 0.2) is 42.5 Å². The Balaban J connectivity index is 1.01. The molecule has 9 heteroatoms. The van der Waals surface area contributed by atoms with Crippen LogP contribution in [0.2, 0.25) is 0 Å². The van der Waals surface area contributed by atoms with Crippen LogP contribution in [0.3, 0.4) is 0 Å². The molecule has 9 nitrogen and oxygen atoms in total. The molecule has 2 aromatic carbocycles. The van der Waals surface area contributed by atoms with Crippen molar-refractivity contribution >= 4 is 17.6 Å². The van der Waals surface area contributed by atoms with Crippen molar-refractivity contribution in [2.24, 2.45) is 0 Å². The molecule has 1 saturated heterocycles. The standard InChI is InChI=1S/C31H39N3O6/c1-31(2)39-22-25-19-24(13-14-28(25)40-31)27(35)20-32-15-6-3-4-7-16-38-17-8-5-10-23-11-9-12-26(18-23)34-29(36)21-33-30(34)37/h9,11-14,18-19,27,32,35H,3-4,6-8,15-17,20-22H2,1-2H3,(H,33,37). The minimum absolute atomic E-state index is 0.0234. The summed E-state index contributed by atoms with van der Waals surface area (Å²) < 4.78 is 17.2. The van der Waals surface area contributed by atoms with Gasteiger partial charge in [0.2, 0.25) is 5.79 Å². The highest BCUT2D eigenvalue weighted by molar-refractivity contribution is 6.19. The van der Waals surface area contributed by atoms with E-state index in [1.54, 1.807) is 18.2 Å². The van der Waals surface area contributed by atoms with Crippen molar-refractivity contribution in [3.8, 4) is 17.6 Å². The highest BCUT2D eigenvalue weighted by Crippen LogP contribution is 2.32. The van der Waals surface area contributed by atoms with Crippen LogP contribution >= 0.6 is 0 Å². The highest BCUT2D eigenvalue weighted by atomic mass is 16.7. The van der Waals surface area contributed by atoms with Gasteiger partial charge in [-0.2, -0.15) is 0 Å². The van der Waals surface area contributed by atoms with Crippen LogP contribution < -0.4 is 20.3 Å². The van der Waals surface area contributed by atoms with Crippen molar-refractivity contribution in [3.05, 3.63) is 59.2 Å². The van der Waals surface area contributed by atoms with Gasteiger partial charge < -0.3 is 30.0 Å². The molecule has 0 saturated carbocycles. The Labute approximate surface area is 236 Å². The Morgan fingerprint density at radius 2 is 1.98 bits per heavy atom. The van der Waals surface area contributed by atoms with Crippen molar-refractivity contribution in [2.75, 3.05) is 37.7 Å². The van der Waals surface area contributed by atoms with E-state index in [1.165, 1.54) is 0 Å². The lowest BCUT2D eigenvalue weighted by molar-refractivity contribution is -0.180. The van der Waals surface area contributed by atoms with Crippen LogP contribution in [-0.4, -0.2) is 55.7 Å². The summed E-state index contributed by atoms with van der Waals surface area (Å²) in [6.45, 7) is 6.92. The van der Waals surface area contributed by atoms with Crippen LogP contribution in [0.4, 0.5) is 10.5 Å². The Hall–Kier alpha value is -3.42. The lowest BCUT2D eigenvalue weighted by atomic mass is 10.0. The molecule has 0 bridgehead atoms. The first-order chi connectivity index (χ1) is 19.3. The number of anilines is 1. The predicted molar refractivity (Wildman–Crippen MR) is 152 cm³/mol. The zero-order chi connectivity index (χ0) is 28.4. The number of fused-ring (bicyclic) bond motifs is 1. The summed E-state index contributed by atoms with van der Waals surface area (Å²) in [6, 6.07) is 12.5. The maximum atomic E-state index is 11.9. The third-order valence-electron chi connectivity index (χ3n) is 6.68. The molecule has 2 aromatic rings. The van der Waals surface area contributed by atoms with Crippen LogP contribution in [0.5, 0.6) is 5.75 Å². The Bertz CT molecular complexity index is 1220. The molecule has 0 spiro atoms. The average molecular weight is 550 g/mol. The first kappa shape index (κ1) is 29.6. The van der Waals surface area contributed by atoms with Crippen molar-refractivity contribution in [1.29, 1.82) is 0 Å². The zero-order valence-electron chi connectivity index (χ0n) is 23.3. The summed E-state index contributed by atoms with van der Waals surface area (Å²) in [7, 11) is 0. The van der Waals surface area contributed by atoms with E-state index in [9.17, 15) is 14.7 Å². The van der Waals surface area contributed by atoms with Crippen molar-refractivity contribution in [2.45, 2.75) is 64.4 Å². The lowest BCUT2D eigenvalue weighted by Gasteiger charge is -2.33. The monoisotopic (exact) mass is 549 g/mol. The molecule has 3 N–H and O–H groups in total. The van der Waals surface area contributed by atoms with E-state index < -0.39 is 17.9 Å². The number of aliphatic hydroxyl groups is 1.